The monoisotopic (exact) mass is 521 g/mol. The average Bonchev–Trinajstić information content (AvgIpc) is 3.23. The molecule has 4 aliphatic rings. The molecule has 38 heavy (non-hydrogen) atoms. The lowest BCUT2D eigenvalue weighted by Gasteiger charge is -2.39. The molecule has 4 heterocycles. The average molecular weight is 522 g/mol. The topological polar surface area (TPSA) is 90.4 Å². The largest absolute Gasteiger partial charge is 0.394 e. The molecule has 0 radical (unpaired) electrons. The van der Waals surface area contributed by atoms with E-state index in [0.29, 0.717) is 26.1 Å². The maximum atomic E-state index is 14.3. The Morgan fingerprint density at radius 3 is 2.50 bits per heavy atom. The van der Waals surface area contributed by atoms with Crippen molar-refractivity contribution in [2.24, 2.45) is 11.8 Å². The van der Waals surface area contributed by atoms with Crippen LogP contribution in [0.15, 0.2) is 54.6 Å². The number of rotatable bonds is 8. The van der Waals surface area contributed by atoms with E-state index >= 15 is 0 Å². The molecule has 5 rings (SSSR count). The molecule has 0 aliphatic carbocycles. The van der Waals surface area contributed by atoms with Crippen LogP contribution in [0.25, 0.3) is 0 Å². The molecule has 8 nitrogen and oxygen atoms in total. The first-order valence-corrected chi connectivity index (χ1v) is 14.0. The molecular formula is C30H39N3O5. The third-order valence-electron chi connectivity index (χ3n) is 8.74. The molecule has 2 fully saturated rings. The summed E-state index contributed by atoms with van der Waals surface area (Å²) < 4.78 is 6.70. The predicted octanol–water partition coefficient (Wildman–Crippen LogP) is 2.52. The Morgan fingerprint density at radius 2 is 1.82 bits per heavy atom. The minimum atomic E-state index is -1.26. The molecule has 2 unspecified atom stereocenters. The van der Waals surface area contributed by atoms with Crippen LogP contribution >= 0.6 is 0 Å². The molecule has 1 aromatic carbocycles. The third-order valence-corrected chi connectivity index (χ3v) is 8.74. The lowest BCUT2D eigenvalue weighted by molar-refractivity contribution is -0.152. The molecule has 0 bridgehead atoms. The summed E-state index contributed by atoms with van der Waals surface area (Å²) in [6, 6.07) is 8.33. The Balaban J connectivity index is 1.56. The summed E-state index contributed by atoms with van der Waals surface area (Å²) in [5.74, 6) is -2.18. The van der Waals surface area contributed by atoms with Crippen molar-refractivity contribution >= 4 is 17.7 Å². The second-order valence-electron chi connectivity index (χ2n) is 11.0. The van der Waals surface area contributed by atoms with E-state index in [9.17, 15) is 19.5 Å². The first-order chi connectivity index (χ1) is 18.4. The number of hydrogen-bond acceptors (Lipinski definition) is 5. The highest BCUT2D eigenvalue weighted by molar-refractivity contribution is 6.00. The van der Waals surface area contributed by atoms with Gasteiger partial charge in [0.05, 0.1) is 30.6 Å². The third kappa shape index (κ3) is 4.18. The summed E-state index contributed by atoms with van der Waals surface area (Å²) in [4.78, 5) is 47.8. The summed E-state index contributed by atoms with van der Waals surface area (Å²) in [7, 11) is 0. The number of ether oxygens (including phenoxy) is 1. The van der Waals surface area contributed by atoms with E-state index in [1.54, 1.807) is 9.80 Å². The van der Waals surface area contributed by atoms with Gasteiger partial charge in [-0.05, 0) is 25.3 Å². The number of likely N-dealkylation sites (tertiary alicyclic amines) is 1. The number of aliphatic hydroxyl groups excluding tert-OH is 1. The van der Waals surface area contributed by atoms with Gasteiger partial charge in [-0.15, -0.1) is 0 Å². The fourth-order valence-corrected chi connectivity index (χ4v) is 6.87. The molecule has 204 valence electrons. The molecule has 7 atom stereocenters. The van der Waals surface area contributed by atoms with Crippen LogP contribution < -0.4 is 0 Å². The minimum Gasteiger partial charge on any atom is -0.394 e. The summed E-state index contributed by atoms with van der Waals surface area (Å²) in [5, 5.41) is 10.2. The Morgan fingerprint density at radius 1 is 1.05 bits per heavy atom. The molecule has 0 aromatic heterocycles. The number of amides is 3. The maximum absolute atomic E-state index is 14.3. The number of benzene rings is 1. The van der Waals surface area contributed by atoms with Crippen molar-refractivity contribution in [1.29, 1.82) is 0 Å². The molecule has 1 aromatic rings. The molecule has 4 aliphatic heterocycles. The number of carbonyl (C=O) groups excluding carboxylic acids is 3. The fourth-order valence-electron chi connectivity index (χ4n) is 6.87. The highest BCUT2D eigenvalue weighted by Gasteiger charge is 2.72. The van der Waals surface area contributed by atoms with E-state index in [1.807, 2.05) is 73.4 Å². The summed E-state index contributed by atoms with van der Waals surface area (Å²) >= 11 is 0. The molecular weight excluding hydrogens is 482 g/mol. The standard InChI is InChI=1S/C30H39N3O5/c1-4-11-20(3)32-17-10-15-30-25(28(36)33(22(5-2)19-34)26(30)29(32)37)24-23(38-30)14-9-16-31(27(24)35)18-21-12-7-6-8-13-21/h6-10,12-15,20,22-26,34H,4-5,11,16-19H2,1-3H3/t20?,22-,23+,24-,25-,26?,30-/m0/s1. The van der Waals surface area contributed by atoms with E-state index in [1.165, 1.54) is 0 Å². The Kier molecular flexibility index (Phi) is 7.47. The lowest BCUT2D eigenvalue weighted by atomic mass is 9.77. The molecule has 3 amide bonds. The predicted molar refractivity (Wildman–Crippen MR) is 143 cm³/mol. The van der Waals surface area contributed by atoms with Crippen molar-refractivity contribution < 1.29 is 24.2 Å². The SMILES string of the molecule is CCCC(C)N1CC=C[C@]23O[C@@H]4C=CCN(Cc5ccccc5)C(=O)[C@@H]4[C@H]2C(=O)N([C@@H](CC)CO)C3C1=O. The van der Waals surface area contributed by atoms with Gasteiger partial charge in [-0.2, -0.15) is 0 Å². The van der Waals surface area contributed by atoms with Gasteiger partial charge in [0, 0.05) is 25.7 Å². The van der Waals surface area contributed by atoms with Crippen LogP contribution in [0.5, 0.6) is 0 Å². The zero-order valence-electron chi connectivity index (χ0n) is 22.5. The molecule has 2 saturated heterocycles. The number of carbonyl (C=O) groups is 3. The van der Waals surface area contributed by atoms with E-state index in [4.69, 9.17) is 4.74 Å². The molecule has 1 spiro atoms. The summed E-state index contributed by atoms with van der Waals surface area (Å²) in [6.07, 6.45) is 9.28. The van der Waals surface area contributed by atoms with Crippen molar-refractivity contribution in [2.45, 2.75) is 76.4 Å². The highest BCUT2D eigenvalue weighted by Crippen LogP contribution is 2.54. The van der Waals surface area contributed by atoms with Gasteiger partial charge >= 0.3 is 0 Å². The molecule has 0 saturated carbocycles. The second-order valence-corrected chi connectivity index (χ2v) is 11.0. The van der Waals surface area contributed by atoms with Gasteiger partial charge in [0.15, 0.2) is 0 Å². The highest BCUT2D eigenvalue weighted by atomic mass is 16.5. The Labute approximate surface area is 224 Å². The first-order valence-electron chi connectivity index (χ1n) is 14.0. The van der Waals surface area contributed by atoms with Crippen LogP contribution in [0, 0.1) is 11.8 Å². The number of hydrogen-bond donors (Lipinski definition) is 1. The van der Waals surface area contributed by atoms with Crippen molar-refractivity contribution in [3.63, 3.8) is 0 Å². The lowest BCUT2D eigenvalue weighted by Crippen LogP contribution is -2.59. The van der Waals surface area contributed by atoms with Gasteiger partial charge in [-0.25, -0.2) is 0 Å². The van der Waals surface area contributed by atoms with Crippen LogP contribution in [-0.2, 0) is 25.7 Å². The molecule has 8 heteroatoms. The van der Waals surface area contributed by atoms with Gasteiger partial charge < -0.3 is 24.5 Å². The van der Waals surface area contributed by atoms with Crippen molar-refractivity contribution in [2.75, 3.05) is 19.7 Å². The Bertz CT molecular complexity index is 1120. The summed E-state index contributed by atoms with van der Waals surface area (Å²) in [6.45, 7) is 7.03. The van der Waals surface area contributed by atoms with Gasteiger partial charge in [-0.3, -0.25) is 14.4 Å². The molecule has 1 N–H and O–H groups in total. The zero-order chi connectivity index (χ0) is 27.0. The number of fused-ring (bicyclic) bond motifs is 2. The quantitative estimate of drug-likeness (QED) is 0.531. The van der Waals surface area contributed by atoms with E-state index in [-0.39, 0.29) is 30.4 Å². The maximum Gasteiger partial charge on any atom is 0.249 e. The van der Waals surface area contributed by atoms with Gasteiger partial charge in [0.25, 0.3) is 0 Å². The van der Waals surface area contributed by atoms with Crippen molar-refractivity contribution in [3.05, 3.63) is 60.2 Å². The van der Waals surface area contributed by atoms with Crippen LogP contribution in [-0.4, -0.2) is 87.1 Å². The Hall–Kier alpha value is -2.97. The van der Waals surface area contributed by atoms with Crippen molar-refractivity contribution in [3.8, 4) is 0 Å². The first kappa shape index (κ1) is 26.6. The normalized spacial score (nSPS) is 32.1. The van der Waals surface area contributed by atoms with E-state index in [0.717, 1.165) is 18.4 Å². The smallest absolute Gasteiger partial charge is 0.249 e. The van der Waals surface area contributed by atoms with Crippen LogP contribution in [0.4, 0.5) is 0 Å². The van der Waals surface area contributed by atoms with Crippen LogP contribution in [0.3, 0.4) is 0 Å². The minimum absolute atomic E-state index is 0.00715. The van der Waals surface area contributed by atoms with E-state index in [2.05, 4.69) is 6.92 Å². The second kappa shape index (κ2) is 10.7. The van der Waals surface area contributed by atoms with Crippen LogP contribution in [0.1, 0.15) is 45.6 Å². The van der Waals surface area contributed by atoms with Crippen molar-refractivity contribution in [1.82, 2.24) is 14.7 Å². The fraction of sp³-hybridized carbons (Fsp3) is 0.567. The van der Waals surface area contributed by atoms with Gasteiger partial charge in [0.2, 0.25) is 17.7 Å². The number of aliphatic hydroxyl groups is 1. The number of nitrogens with zero attached hydrogens (tertiary/aromatic N) is 3. The van der Waals surface area contributed by atoms with Crippen LogP contribution in [0.2, 0.25) is 0 Å². The summed E-state index contributed by atoms with van der Waals surface area (Å²) in [5.41, 5.74) is -0.252. The van der Waals surface area contributed by atoms with E-state index < -0.39 is 35.6 Å². The van der Waals surface area contributed by atoms with Gasteiger partial charge in [-0.1, -0.05) is 74.9 Å². The van der Waals surface area contributed by atoms with Gasteiger partial charge in [0.1, 0.15) is 11.6 Å². The zero-order valence-corrected chi connectivity index (χ0v) is 22.5.